The Hall–Kier alpha value is -1.95. The van der Waals surface area contributed by atoms with E-state index in [9.17, 15) is 14.9 Å². The molecule has 1 saturated carbocycles. The van der Waals surface area contributed by atoms with Gasteiger partial charge in [-0.05, 0) is 25.3 Å². The van der Waals surface area contributed by atoms with Crippen LogP contribution >= 0.6 is 0 Å². The Labute approximate surface area is 116 Å². The van der Waals surface area contributed by atoms with Gasteiger partial charge in [-0.15, -0.1) is 0 Å². The monoisotopic (exact) mass is 276 g/mol. The SMILES string of the molecule is O=Cc1cc([N+](=O)[O-])ccc1N1CCOC2CCCC21. The van der Waals surface area contributed by atoms with Crippen LogP contribution in [0.2, 0.25) is 0 Å². The zero-order chi connectivity index (χ0) is 14.1. The van der Waals surface area contributed by atoms with Crippen LogP contribution in [0, 0.1) is 10.1 Å². The lowest BCUT2D eigenvalue weighted by atomic mass is 10.1. The molecular weight excluding hydrogens is 260 g/mol. The standard InChI is InChI=1S/C14H16N2O4/c17-9-10-8-11(16(18)19)4-5-12(10)15-6-7-20-14-3-1-2-13(14)15/h4-5,8-9,13-14H,1-3,6-7H2. The number of fused-ring (bicyclic) bond motifs is 1. The number of carbonyl (C=O) groups excluding carboxylic acids is 1. The number of ether oxygens (including phenoxy) is 1. The number of rotatable bonds is 3. The molecule has 2 atom stereocenters. The molecule has 0 amide bonds. The van der Waals surface area contributed by atoms with Crippen LogP contribution in [0.1, 0.15) is 29.6 Å². The molecule has 0 N–H and O–H groups in total. The lowest BCUT2D eigenvalue weighted by Gasteiger charge is -2.39. The van der Waals surface area contributed by atoms with Crippen molar-refractivity contribution in [3.63, 3.8) is 0 Å². The first-order chi connectivity index (χ1) is 9.70. The largest absolute Gasteiger partial charge is 0.374 e. The molecule has 3 rings (SSSR count). The van der Waals surface area contributed by atoms with Crippen molar-refractivity contribution in [2.45, 2.75) is 31.4 Å². The number of hydrogen-bond donors (Lipinski definition) is 0. The van der Waals surface area contributed by atoms with Crippen molar-refractivity contribution >= 4 is 17.7 Å². The lowest BCUT2D eigenvalue weighted by molar-refractivity contribution is -0.384. The van der Waals surface area contributed by atoms with Gasteiger partial charge in [-0.2, -0.15) is 0 Å². The summed E-state index contributed by atoms with van der Waals surface area (Å²) in [5.41, 5.74) is 1.12. The highest BCUT2D eigenvalue weighted by Gasteiger charge is 2.37. The minimum Gasteiger partial charge on any atom is -0.374 e. The maximum absolute atomic E-state index is 11.3. The van der Waals surface area contributed by atoms with Crippen LogP contribution in [-0.2, 0) is 4.74 Å². The van der Waals surface area contributed by atoms with Gasteiger partial charge in [-0.3, -0.25) is 14.9 Å². The number of nitro groups is 1. The minimum atomic E-state index is -0.478. The number of carbonyl (C=O) groups is 1. The van der Waals surface area contributed by atoms with E-state index in [1.165, 1.54) is 12.1 Å². The van der Waals surface area contributed by atoms with Gasteiger partial charge in [0, 0.05) is 29.9 Å². The Bertz CT molecular complexity index is 546. The summed E-state index contributed by atoms with van der Waals surface area (Å²) < 4.78 is 5.75. The van der Waals surface area contributed by atoms with E-state index in [2.05, 4.69) is 4.90 Å². The fraction of sp³-hybridized carbons (Fsp3) is 0.500. The van der Waals surface area contributed by atoms with Crippen molar-refractivity contribution in [3.05, 3.63) is 33.9 Å². The van der Waals surface area contributed by atoms with E-state index in [-0.39, 0.29) is 17.8 Å². The Morgan fingerprint density at radius 3 is 3.00 bits per heavy atom. The van der Waals surface area contributed by atoms with E-state index in [0.29, 0.717) is 18.5 Å². The Morgan fingerprint density at radius 2 is 2.25 bits per heavy atom. The van der Waals surface area contributed by atoms with Crippen LogP contribution in [0.25, 0.3) is 0 Å². The number of benzene rings is 1. The minimum absolute atomic E-state index is 0.0490. The van der Waals surface area contributed by atoms with Crippen LogP contribution in [0.5, 0.6) is 0 Å². The molecule has 1 aromatic carbocycles. The van der Waals surface area contributed by atoms with Crippen LogP contribution in [0.3, 0.4) is 0 Å². The molecular formula is C14H16N2O4. The zero-order valence-corrected chi connectivity index (χ0v) is 11.0. The molecule has 0 aromatic heterocycles. The first kappa shape index (κ1) is 13.1. The second-order valence-corrected chi connectivity index (χ2v) is 5.22. The number of non-ortho nitro benzene ring substituents is 1. The topological polar surface area (TPSA) is 72.7 Å². The number of aldehydes is 1. The molecule has 2 unspecified atom stereocenters. The molecule has 0 bridgehead atoms. The summed E-state index contributed by atoms with van der Waals surface area (Å²) in [7, 11) is 0. The second-order valence-electron chi connectivity index (χ2n) is 5.22. The van der Waals surface area contributed by atoms with Crippen LogP contribution in [-0.4, -0.2) is 36.5 Å². The van der Waals surface area contributed by atoms with Gasteiger partial charge < -0.3 is 9.64 Å². The van der Waals surface area contributed by atoms with Gasteiger partial charge in [0.25, 0.3) is 5.69 Å². The van der Waals surface area contributed by atoms with E-state index in [0.717, 1.165) is 31.5 Å². The van der Waals surface area contributed by atoms with E-state index in [1.807, 2.05) is 0 Å². The quantitative estimate of drug-likeness (QED) is 0.480. The molecule has 1 aromatic rings. The van der Waals surface area contributed by atoms with Gasteiger partial charge in [-0.25, -0.2) is 0 Å². The van der Waals surface area contributed by atoms with Crippen LogP contribution < -0.4 is 4.90 Å². The fourth-order valence-electron chi connectivity index (χ4n) is 3.24. The van der Waals surface area contributed by atoms with Crippen molar-refractivity contribution in [3.8, 4) is 0 Å². The van der Waals surface area contributed by atoms with Crippen molar-refractivity contribution in [1.29, 1.82) is 0 Å². The predicted molar refractivity (Wildman–Crippen MR) is 73.2 cm³/mol. The summed E-state index contributed by atoms with van der Waals surface area (Å²) in [6.45, 7) is 1.36. The third kappa shape index (κ3) is 2.16. The van der Waals surface area contributed by atoms with E-state index >= 15 is 0 Å². The smallest absolute Gasteiger partial charge is 0.270 e. The number of nitrogens with zero attached hydrogens (tertiary/aromatic N) is 2. The fourth-order valence-corrected chi connectivity index (χ4v) is 3.24. The molecule has 1 heterocycles. The predicted octanol–water partition coefficient (Wildman–Crippen LogP) is 2.17. The number of anilines is 1. The third-order valence-corrected chi connectivity index (χ3v) is 4.14. The van der Waals surface area contributed by atoms with Crippen LogP contribution in [0.4, 0.5) is 11.4 Å². The van der Waals surface area contributed by atoms with Gasteiger partial charge in [0.05, 0.1) is 23.7 Å². The van der Waals surface area contributed by atoms with Crippen molar-refractivity contribution < 1.29 is 14.5 Å². The number of hydrogen-bond acceptors (Lipinski definition) is 5. The highest BCUT2D eigenvalue weighted by Crippen LogP contribution is 2.35. The Morgan fingerprint density at radius 1 is 1.40 bits per heavy atom. The summed E-state index contributed by atoms with van der Waals surface area (Å²) in [5.74, 6) is 0. The molecule has 2 aliphatic rings. The van der Waals surface area contributed by atoms with Crippen molar-refractivity contribution in [2.24, 2.45) is 0 Å². The number of nitro benzene ring substituents is 1. The van der Waals surface area contributed by atoms with Gasteiger partial charge in [0.1, 0.15) is 0 Å². The highest BCUT2D eigenvalue weighted by atomic mass is 16.6. The van der Waals surface area contributed by atoms with Crippen molar-refractivity contribution in [2.75, 3.05) is 18.1 Å². The summed E-state index contributed by atoms with van der Waals surface area (Å²) in [6.07, 6.45) is 4.13. The van der Waals surface area contributed by atoms with E-state index in [4.69, 9.17) is 4.74 Å². The average molecular weight is 276 g/mol. The first-order valence-corrected chi connectivity index (χ1v) is 6.82. The molecule has 6 nitrogen and oxygen atoms in total. The molecule has 0 radical (unpaired) electrons. The second kappa shape index (κ2) is 5.20. The van der Waals surface area contributed by atoms with Crippen molar-refractivity contribution in [1.82, 2.24) is 0 Å². The Kier molecular flexibility index (Phi) is 3.40. The molecule has 6 heteroatoms. The van der Waals surface area contributed by atoms with Crippen LogP contribution in [0.15, 0.2) is 18.2 Å². The van der Waals surface area contributed by atoms with Gasteiger partial charge in [0.2, 0.25) is 0 Å². The third-order valence-electron chi connectivity index (χ3n) is 4.14. The normalized spacial score (nSPS) is 25.3. The van der Waals surface area contributed by atoms with E-state index in [1.54, 1.807) is 6.07 Å². The first-order valence-electron chi connectivity index (χ1n) is 6.82. The van der Waals surface area contributed by atoms with E-state index < -0.39 is 4.92 Å². The molecule has 1 aliphatic heterocycles. The molecule has 20 heavy (non-hydrogen) atoms. The summed E-state index contributed by atoms with van der Waals surface area (Å²) in [6, 6.07) is 4.77. The summed E-state index contributed by atoms with van der Waals surface area (Å²) in [5, 5.41) is 10.8. The maximum Gasteiger partial charge on any atom is 0.270 e. The summed E-state index contributed by atoms with van der Waals surface area (Å²) >= 11 is 0. The molecule has 0 spiro atoms. The highest BCUT2D eigenvalue weighted by molar-refractivity contribution is 5.86. The average Bonchev–Trinajstić information content (AvgIpc) is 2.94. The molecule has 1 aliphatic carbocycles. The van der Waals surface area contributed by atoms with Gasteiger partial charge in [-0.1, -0.05) is 0 Å². The molecule has 106 valence electrons. The maximum atomic E-state index is 11.3. The summed E-state index contributed by atoms with van der Waals surface area (Å²) in [4.78, 5) is 23.7. The zero-order valence-electron chi connectivity index (χ0n) is 11.0. The van der Waals surface area contributed by atoms with Gasteiger partial charge >= 0.3 is 0 Å². The Balaban J connectivity index is 1.96. The van der Waals surface area contributed by atoms with Gasteiger partial charge in [0.15, 0.2) is 6.29 Å². The number of morpholine rings is 1. The lowest BCUT2D eigenvalue weighted by Crippen LogP contribution is -2.49. The molecule has 2 fully saturated rings. The molecule has 1 saturated heterocycles.